The van der Waals surface area contributed by atoms with Gasteiger partial charge in [-0.1, -0.05) is 39.0 Å². The van der Waals surface area contributed by atoms with Crippen molar-refractivity contribution in [3.8, 4) is 0 Å². The molecule has 0 saturated carbocycles. The third kappa shape index (κ3) is 14.4. The van der Waals surface area contributed by atoms with Gasteiger partial charge < -0.3 is 9.84 Å². The van der Waals surface area contributed by atoms with Gasteiger partial charge in [0.2, 0.25) is 0 Å². The summed E-state index contributed by atoms with van der Waals surface area (Å²) in [6.07, 6.45) is 5.12. The summed E-state index contributed by atoms with van der Waals surface area (Å²) >= 11 is 0. The first-order chi connectivity index (χ1) is 9.29. The van der Waals surface area contributed by atoms with Crippen molar-refractivity contribution in [3.05, 3.63) is 0 Å². The number of ether oxygens (including phenoxy) is 1. The molecule has 0 aromatic rings. The number of aliphatic carboxylic acids is 1. The van der Waals surface area contributed by atoms with E-state index in [1.54, 1.807) is 0 Å². The van der Waals surface area contributed by atoms with Crippen LogP contribution in [0, 0.1) is 0 Å². The van der Waals surface area contributed by atoms with E-state index in [1.807, 2.05) is 0 Å². The zero-order chi connectivity index (χ0) is 15.6. The van der Waals surface area contributed by atoms with Crippen LogP contribution in [0.4, 0.5) is 0 Å². The van der Waals surface area contributed by atoms with Gasteiger partial charge in [0.1, 0.15) is 0 Å². The first kappa shape index (κ1) is 27.7. The van der Waals surface area contributed by atoms with Crippen molar-refractivity contribution in [3.63, 3.8) is 0 Å². The summed E-state index contributed by atoms with van der Waals surface area (Å²) in [4.78, 5) is 21.9. The molecule has 0 rings (SSSR count). The second kappa shape index (κ2) is 15.4. The van der Waals surface area contributed by atoms with Crippen LogP contribution in [0.25, 0.3) is 0 Å². The third-order valence-electron chi connectivity index (χ3n) is 2.75. The molecule has 0 fully saturated rings. The molecule has 0 aliphatic carbocycles. The van der Waals surface area contributed by atoms with E-state index in [9.17, 15) is 18.0 Å². The average molecular weight is 356 g/mol. The van der Waals surface area contributed by atoms with Crippen LogP contribution < -0.4 is 0 Å². The van der Waals surface area contributed by atoms with Crippen LogP contribution in [0.2, 0.25) is 0 Å². The van der Waals surface area contributed by atoms with Gasteiger partial charge in [0, 0.05) is 59.1 Å². The average Bonchev–Trinajstić information content (AvgIpc) is 2.33. The minimum atomic E-state index is -4.81. The smallest absolute Gasteiger partial charge is 0.325 e. The quantitative estimate of drug-likeness (QED) is 0.244. The van der Waals surface area contributed by atoms with E-state index in [-0.39, 0.29) is 65.7 Å². The molecule has 0 aliphatic rings. The van der Waals surface area contributed by atoms with Crippen LogP contribution in [0.5, 0.6) is 0 Å². The summed E-state index contributed by atoms with van der Waals surface area (Å²) < 4.78 is 34.9. The molecule has 120 valence electrons. The topological polar surface area (TPSA) is 118 Å². The van der Waals surface area contributed by atoms with Crippen molar-refractivity contribution in [1.82, 2.24) is 0 Å². The van der Waals surface area contributed by atoms with Crippen LogP contribution in [0.1, 0.15) is 51.9 Å². The number of unbranched alkanes of at least 4 members (excludes halogenated alkanes) is 5. The molecule has 0 aromatic carbocycles. The Hall–Kier alpha value is 0.850. The van der Waals surface area contributed by atoms with E-state index in [4.69, 9.17) is 14.4 Å². The van der Waals surface area contributed by atoms with Crippen LogP contribution in [0.3, 0.4) is 0 Å². The second-order valence-electron chi connectivity index (χ2n) is 4.53. The summed E-state index contributed by atoms with van der Waals surface area (Å²) in [5.74, 6) is -2.72. The number of carboxylic acids is 1. The molecular formula is C12H22Na2O7S. The van der Waals surface area contributed by atoms with Gasteiger partial charge in [-0.2, -0.15) is 8.42 Å². The fraction of sp³-hybridized carbons (Fsp3) is 0.833. The fourth-order valence-corrected chi connectivity index (χ4v) is 2.20. The standard InChI is InChI=1S/C12H22O7S.2Na/c1-2-3-4-5-6-7-8-19-11(13)9-10(12(14)15)20(16,17)18;;/h10H,2-9H2,1H3,(H,14,15)(H,16,17,18);;. The van der Waals surface area contributed by atoms with E-state index in [1.165, 1.54) is 0 Å². The Bertz CT molecular complexity index is 412. The maximum atomic E-state index is 11.3. The van der Waals surface area contributed by atoms with Crippen molar-refractivity contribution in [1.29, 1.82) is 0 Å². The van der Waals surface area contributed by atoms with Gasteiger partial charge in [-0.3, -0.25) is 14.1 Å². The molecule has 1 atom stereocenters. The number of carbonyl (C=O) groups excluding carboxylic acids is 1. The number of carboxylic acid groups (broad SMARTS) is 1. The zero-order valence-electron chi connectivity index (χ0n) is 13.6. The van der Waals surface area contributed by atoms with Crippen LogP contribution in [0.15, 0.2) is 0 Å². The van der Waals surface area contributed by atoms with Gasteiger partial charge in [-0.15, -0.1) is 0 Å². The van der Waals surface area contributed by atoms with Gasteiger partial charge in [-0.05, 0) is 6.42 Å². The molecule has 22 heavy (non-hydrogen) atoms. The van der Waals surface area contributed by atoms with Gasteiger partial charge in [0.05, 0.1) is 13.0 Å². The molecule has 0 heterocycles. The number of hydrogen-bond donors (Lipinski definition) is 2. The summed E-state index contributed by atoms with van der Waals surface area (Å²) in [5, 5.41) is 6.44. The van der Waals surface area contributed by atoms with Crippen molar-refractivity contribution in [2.75, 3.05) is 6.61 Å². The van der Waals surface area contributed by atoms with Crippen molar-refractivity contribution < 1.29 is 32.4 Å². The monoisotopic (exact) mass is 356 g/mol. The molecular weight excluding hydrogens is 334 g/mol. The van der Waals surface area contributed by atoms with Crippen molar-refractivity contribution in [2.45, 2.75) is 57.1 Å². The Morgan fingerprint density at radius 2 is 1.55 bits per heavy atom. The third-order valence-corrected chi connectivity index (χ3v) is 3.84. The predicted octanol–water partition coefficient (Wildman–Crippen LogP) is 0.860. The van der Waals surface area contributed by atoms with Gasteiger partial charge in [-0.25, -0.2) is 0 Å². The molecule has 0 saturated heterocycles. The first-order valence-corrected chi connectivity index (χ1v) is 8.14. The number of carbonyl (C=O) groups is 2. The van der Waals surface area contributed by atoms with E-state index >= 15 is 0 Å². The Kier molecular flexibility index (Phi) is 19.4. The maximum absolute atomic E-state index is 11.3. The summed E-state index contributed by atoms with van der Waals surface area (Å²) in [6, 6.07) is 0. The minimum absolute atomic E-state index is 0. The normalized spacial score (nSPS) is 11.7. The first-order valence-electron chi connectivity index (χ1n) is 6.63. The molecule has 0 amide bonds. The van der Waals surface area contributed by atoms with Gasteiger partial charge in [0.15, 0.2) is 5.25 Å². The van der Waals surface area contributed by atoms with Crippen molar-refractivity contribution >= 4 is 81.2 Å². The zero-order valence-corrected chi connectivity index (χ0v) is 18.4. The Labute approximate surface area is 175 Å². The maximum Gasteiger partial charge on any atom is 0.325 e. The molecule has 2 radical (unpaired) electrons. The second-order valence-corrected chi connectivity index (χ2v) is 6.13. The molecule has 2 N–H and O–H groups in total. The predicted molar refractivity (Wildman–Crippen MR) is 83.4 cm³/mol. The Morgan fingerprint density at radius 1 is 1.05 bits per heavy atom. The van der Waals surface area contributed by atoms with Crippen molar-refractivity contribution in [2.24, 2.45) is 0 Å². The van der Waals surface area contributed by atoms with Crippen LogP contribution >= 0.6 is 0 Å². The summed E-state index contributed by atoms with van der Waals surface area (Å²) in [5.41, 5.74) is 0. The number of esters is 1. The molecule has 0 spiro atoms. The molecule has 0 bridgehead atoms. The van der Waals surface area contributed by atoms with Gasteiger partial charge >= 0.3 is 11.9 Å². The molecule has 1 unspecified atom stereocenters. The van der Waals surface area contributed by atoms with E-state index in [0.29, 0.717) is 6.42 Å². The largest absolute Gasteiger partial charge is 0.480 e. The van der Waals surface area contributed by atoms with Crippen LogP contribution in [-0.4, -0.2) is 101 Å². The minimum Gasteiger partial charge on any atom is -0.480 e. The molecule has 0 aliphatic heterocycles. The molecule has 10 heteroatoms. The fourth-order valence-electron chi connectivity index (χ4n) is 1.60. The summed E-state index contributed by atoms with van der Waals surface area (Å²) in [7, 11) is -4.81. The van der Waals surface area contributed by atoms with Gasteiger partial charge in [0.25, 0.3) is 10.1 Å². The van der Waals surface area contributed by atoms with E-state index in [0.717, 1.165) is 32.1 Å². The Balaban J connectivity index is -0.00000180. The van der Waals surface area contributed by atoms with Crippen LogP contribution in [-0.2, 0) is 24.4 Å². The van der Waals surface area contributed by atoms with E-state index < -0.39 is 33.7 Å². The summed E-state index contributed by atoms with van der Waals surface area (Å²) in [6.45, 7) is 2.23. The number of hydrogen-bond acceptors (Lipinski definition) is 5. The van der Waals surface area contributed by atoms with E-state index in [2.05, 4.69) is 6.92 Å². The number of rotatable bonds is 11. The molecule has 7 nitrogen and oxygen atoms in total. The SMILES string of the molecule is CCCCCCCCOC(=O)CC(C(=O)O)S(=O)(=O)O.[Na].[Na]. The Morgan fingerprint density at radius 3 is 2.00 bits per heavy atom. The molecule has 0 aromatic heterocycles.